The average Bonchev–Trinajstić information content (AvgIpc) is 2.10. The van der Waals surface area contributed by atoms with Crippen LogP contribution in [0, 0.1) is 5.92 Å². The summed E-state index contributed by atoms with van der Waals surface area (Å²) in [5.74, 6) is 0.505. The molecule has 0 aromatic heterocycles. The quantitative estimate of drug-likeness (QED) is 0.599. The van der Waals surface area contributed by atoms with Crippen molar-refractivity contribution >= 4 is 46.4 Å². The fourth-order valence-electron chi connectivity index (χ4n) is 1.53. The predicted octanol–water partition coefficient (Wildman–Crippen LogP) is 4.15. The van der Waals surface area contributed by atoms with E-state index >= 15 is 0 Å². The molecule has 0 aromatic carbocycles. The summed E-state index contributed by atoms with van der Waals surface area (Å²) in [5, 5.41) is 0.298. The van der Waals surface area contributed by atoms with E-state index in [1.807, 2.05) is 0 Å². The summed E-state index contributed by atoms with van der Waals surface area (Å²) in [6, 6.07) is 0. The van der Waals surface area contributed by atoms with Gasteiger partial charge in [-0.3, -0.25) is 0 Å². The standard InChI is InChI=1S/C7H10Cl4/c8-6-2-1-5(3-6)4-7(9,10)11/h5-6H,1-4H2. The van der Waals surface area contributed by atoms with Gasteiger partial charge in [0, 0.05) is 5.38 Å². The van der Waals surface area contributed by atoms with Gasteiger partial charge in [0.15, 0.2) is 3.79 Å². The normalized spacial score (nSPS) is 32.7. The minimum Gasteiger partial charge on any atom is -0.123 e. The molecular formula is C7H10Cl4. The van der Waals surface area contributed by atoms with Crippen molar-refractivity contribution in [3.8, 4) is 0 Å². The van der Waals surface area contributed by atoms with Gasteiger partial charge >= 0.3 is 0 Å². The summed E-state index contributed by atoms with van der Waals surface area (Å²) in [7, 11) is 0. The lowest BCUT2D eigenvalue weighted by Crippen LogP contribution is -2.09. The van der Waals surface area contributed by atoms with Crippen molar-refractivity contribution in [3.63, 3.8) is 0 Å². The molecule has 1 saturated carbocycles. The van der Waals surface area contributed by atoms with E-state index in [4.69, 9.17) is 46.4 Å². The Balaban J connectivity index is 2.29. The van der Waals surface area contributed by atoms with Gasteiger partial charge in [0.2, 0.25) is 0 Å². The second-order valence-electron chi connectivity index (χ2n) is 3.10. The van der Waals surface area contributed by atoms with Crippen LogP contribution in [0.4, 0.5) is 0 Å². The molecular weight excluding hydrogens is 226 g/mol. The summed E-state index contributed by atoms with van der Waals surface area (Å²) >= 11 is 22.9. The minimum atomic E-state index is -1.09. The van der Waals surface area contributed by atoms with Crippen LogP contribution in [0.2, 0.25) is 0 Å². The number of hydrogen-bond acceptors (Lipinski definition) is 0. The predicted molar refractivity (Wildman–Crippen MR) is 51.9 cm³/mol. The van der Waals surface area contributed by atoms with Gasteiger partial charge in [-0.2, -0.15) is 0 Å². The van der Waals surface area contributed by atoms with Crippen LogP contribution in [-0.4, -0.2) is 9.17 Å². The van der Waals surface area contributed by atoms with Crippen molar-refractivity contribution in [2.24, 2.45) is 5.92 Å². The lowest BCUT2D eigenvalue weighted by Gasteiger charge is -2.15. The average molecular weight is 236 g/mol. The van der Waals surface area contributed by atoms with Crippen molar-refractivity contribution in [1.29, 1.82) is 0 Å². The molecule has 0 spiro atoms. The second kappa shape index (κ2) is 3.91. The van der Waals surface area contributed by atoms with Crippen LogP contribution >= 0.6 is 46.4 Å². The Morgan fingerprint density at radius 1 is 1.18 bits per heavy atom. The first-order valence-electron chi connectivity index (χ1n) is 3.68. The van der Waals surface area contributed by atoms with Crippen LogP contribution in [0.25, 0.3) is 0 Å². The van der Waals surface area contributed by atoms with Gasteiger partial charge < -0.3 is 0 Å². The highest BCUT2D eigenvalue weighted by Crippen LogP contribution is 2.40. The molecule has 0 saturated heterocycles. The van der Waals surface area contributed by atoms with E-state index in [-0.39, 0.29) is 0 Å². The molecule has 0 bridgehead atoms. The molecule has 0 nitrogen and oxygen atoms in total. The van der Waals surface area contributed by atoms with E-state index in [0.717, 1.165) is 19.3 Å². The summed E-state index contributed by atoms with van der Waals surface area (Å²) in [6.45, 7) is 0. The maximum absolute atomic E-state index is 5.91. The lowest BCUT2D eigenvalue weighted by atomic mass is 10.1. The van der Waals surface area contributed by atoms with Crippen LogP contribution in [-0.2, 0) is 0 Å². The Hall–Kier alpha value is 1.16. The van der Waals surface area contributed by atoms with Gasteiger partial charge in [-0.25, -0.2) is 0 Å². The van der Waals surface area contributed by atoms with Gasteiger partial charge in [-0.15, -0.1) is 11.6 Å². The summed E-state index contributed by atoms with van der Waals surface area (Å²) in [6.07, 6.45) is 3.80. The molecule has 0 aromatic rings. The number of hydrogen-bond donors (Lipinski definition) is 0. The molecule has 1 fully saturated rings. The molecule has 0 amide bonds. The van der Waals surface area contributed by atoms with Crippen LogP contribution < -0.4 is 0 Å². The van der Waals surface area contributed by atoms with E-state index in [0.29, 0.717) is 17.7 Å². The zero-order valence-corrected chi connectivity index (χ0v) is 9.02. The summed E-state index contributed by atoms with van der Waals surface area (Å²) < 4.78 is -1.09. The van der Waals surface area contributed by atoms with Crippen molar-refractivity contribution < 1.29 is 0 Å². The van der Waals surface area contributed by atoms with Crippen molar-refractivity contribution in [1.82, 2.24) is 0 Å². The SMILES string of the molecule is ClC1CCC(CC(Cl)(Cl)Cl)C1. The highest BCUT2D eigenvalue weighted by atomic mass is 35.6. The van der Waals surface area contributed by atoms with Gasteiger partial charge in [0.25, 0.3) is 0 Å². The molecule has 4 heteroatoms. The zero-order chi connectivity index (χ0) is 8.48. The number of alkyl halides is 4. The summed E-state index contributed by atoms with van der Waals surface area (Å²) in [4.78, 5) is 0. The Morgan fingerprint density at radius 3 is 2.18 bits per heavy atom. The Kier molecular flexibility index (Phi) is 3.64. The first kappa shape index (κ1) is 10.2. The Labute approximate surface area is 87.1 Å². The van der Waals surface area contributed by atoms with E-state index in [2.05, 4.69) is 0 Å². The van der Waals surface area contributed by atoms with E-state index in [9.17, 15) is 0 Å². The third kappa shape index (κ3) is 4.07. The number of halogens is 4. The smallest absolute Gasteiger partial charge is 0.123 e. The van der Waals surface area contributed by atoms with Gasteiger partial charge in [0.1, 0.15) is 0 Å². The summed E-state index contributed by atoms with van der Waals surface area (Å²) in [5.41, 5.74) is 0. The first-order valence-corrected chi connectivity index (χ1v) is 5.25. The Bertz CT molecular complexity index is 129. The lowest BCUT2D eigenvalue weighted by molar-refractivity contribution is 0.511. The molecule has 1 aliphatic rings. The van der Waals surface area contributed by atoms with E-state index in [1.54, 1.807) is 0 Å². The number of rotatable bonds is 1. The van der Waals surface area contributed by atoms with Crippen molar-refractivity contribution in [3.05, 3.63) is 0 Å². The third-order valence-electron chi connectivity index (χ3n) is 2.00. The molecule has 0 heterocycles. The van der Waals surface area contributed by atoms with Gasteiger partial charge in [-0.05, 0) is 31.6 Å². The monoisotopic (exact) mass is 234 g/mol. The Morgan fingerprint density at radius 2 is 1.82 bits per heavy atom. The van der Waals surface area contributed by atoms with Crippen LogP contribution in [0.5, 0.6) is 0 Å². The van der Waals surface area contributed by atoms with Crippen molar-refractivity contribution in [2.75, 3.05) is 0 Å². The van der Waals surface area contributed by atoms with Crippen molar-refractivity contribution in [2.45, 2.75) is 34.9 Å². The molecule has 1 rings (SSSR count). The molecule has 1 aliphatic carbocycles. The van der Waals surface area contributed by atoms with Gasteiger partial charge in [0.05, 0.1) is 0 Å². The highest BCUT2D eigenvalue weighted by molar-refractivity contribution is 6.67. The molecule has 0 aliphatic heterocycles. The first-order chi connectivity index (χ1) is 4.97. The second-order valence-corrected chi connectivity index (χ2v) is 6.23. The minimum absolute atomic E-state index is 0.298. The largest absolute Gasteiger partial charge is 0.190 e. The van der Waals surface area contributed by atoms with Crippen LogP contribution in [0.3, 0.4) is 0 Å². The molecule has 2 unspecified atom stereocenters. The fourth-order valence-corrected chi connectivity index (χ4v) is 2.56. The molecule has 0 N–H and O–H groups in total. The maximum atomic E-state index is 5.91. The molecule has 11 heavy (non-hydrogen) atoms. The van der Waals surface area contributed by atoms with E-state index in [1.165, 1.54) is 0 Å². The van der Waals surface area contributed by atoms with Crippen LogP contribution in [0.1, 0.15) is 25.7 Å². The molecule has 0 radical (unpaired) electrons. The zero-order valence-electron chi connectivity index (χ0n) is 5.99. The molecule has 66 valence electrons. The maximum Gasteiger partial charge on any atom is 0.190 e. The molecule has 2 atom stereocenters. The van der Waals surface area contributed by atoms with Crippen LogP contribution in [0.15, 0.2) is 0 Å². The topological polar surface area (TPSA) is 0 Å². The van der Waals surface area contributed by atoms with Gasteiger partial charge in [-0.1, -0.05) is 34.8 Å². The fraction of sp³-hybridized carbons (Fsp3) is 1.00. The third-order valence-corrected chi connectivity index (χ3v) is 2.86. The highest BCUT2D eigenvalue weighted by Gasteiger charge is 2.30. The van der Waals surface area contributed by atoms with E-state index < -0.39 is 3.79 Å².